The highest BCUT2D eigenvalue weighted by atomic mass is 16.5. The van der Waals surface area contributed by atoms with Gasteiger partial charge in [0.05, 0.1) is 20.2 Å². The van der Waals surface area contributed by atoms with E-state index in [-0.39, 0.29) is 11.9 Å². The molecule has 0 aromatic heterocycles. The number of nitrogens with zero attached hydrogens (tertiary/aromatic N) is 6. The van der Waals surface area contributed by atoms with Crippen molar-refractivity contribution in [1.82, 2.24) is 14.7 Å². The van der Waals surface area contributed by atoms with Gasteiger partial charge >= 0.3 is 12.0 Å². The van der Waals surface area contributed by atoms with Crippen LogP contribution in [0.3, 0.4) is 0 Å². The first kappa shape index (κ1) is 20.9. The molecule has 1 aromatic rings. The van der Waals surface area contributed by atoms with Crippen molar-refractivity contribution >= 4 is 29.4 Å². The fraction of sp³-hybridized carbons (Fsp3) is 0.565. The number of benzene rings is 1. The van der Waals surface area contributed by atoms with Crippen LogP contribution in [0.15, 0.2) is 29.3 Å². The second-order valence-corrected chi connectivity index (χ2v) is 8.80. The zero-order valence-electron chi connectivity index (χ0n) is 18.9. The highest BCUT2D eigenvalue weighted by molar-refractivity contribution is 6.24. The van der Waals surface area contributed by atoms with Gasteiger partial charge in [-0.1, -0.05) is 11.4 Å². The summed E-state index contributed by atoms with van der Waals surface area (Å²) in [6.45, 7) is 4.81. The summed E-state index contributed by atoms with van der Waals surface area (Å²) in [5.41, 5.74) is 0.997. The smallest absolute Gasteiger partial charge is 0.397 e. The van der Waals surface area contributed by atoms with E-state index in [9.17, 15) is 9.59 Å². The van der Waals surface area contributed by atoms with Crippen molar-refractivity contribution in [3.8, 4) is 5.75 Å². The minimum Gasteiger partial charge on any atom is -0.497 e. The largest absolute Gasteiger partial charge is 0.497 e. The first-order chi connectivity index (χ1) is 15.6. The standard InChI is InChI=1S/C23H31N6O3/c1-25-20-19(21(30)29(23(25)31)16-15-26-11-4-3-5-12-26)28-14-6-13-27(22(28)24-20)17-7-9-18(32-2)10-8-17/h7-10,19H,3-6,11-16H2,1-2H3/q+1. The number of likely N-dealkylation sites (N-methyl/N-ethyl adjacent to an activating group) is 1. The minimum absolute atomic E-state index is 0.157. The van der Waals surface area contributed by atoms with Crippen molar-refractivity contribution < 1.29 is 18.9 Å². The molecule has 9 nitrogen and oxygen atoms in total. The van der Waals surface area contributed by atoms with Gasteiger partial charge in [0.1, 0.15) is 11.4 Å². The molecule has 32 heavy (non-hydrogen) atoms. The molecule has 4 heterocycles. The molecule has 3 amide bonds. The summed E-state index contributed by atoms with van der Waals surface area (Å²) in [5, 5.41) is 0. The molecule has 4 aliphatic heterocycles. The van der Waals surface area contributed by atoms with E-state index in [4.69, 9.17) is 9.73 Å². The summed E-state index contributed by atoms with van der Waals surface area (Å²) in [4.78, 5) is 38.8. The number of piperidine rings is 1. The Bertz CT molecular complexity index is 966. The number of rotatable bonds is 5. The summed E-state index contributed by atoms with van der Waals surface area (Å²) >= 11 is 0. The number of aliphatic imine (C=N–C) groups is 1. The van der Waals surface area contributed by atoms with E-state index in [0.29, 0.717) is 12.4 Å². The van der Waals surface area contributed by atoms with Crippen LogP contribution in [-0.4, -0.2) is 102 Å². The van der Waals surface area contributed by atoms with Crippen molar-refractivity contribution in [2.75, 3.05) is 58.3 Å². The number of anilines is 1. The average Bonchev–Trinajstić information content (AvgIpc) is 3.23. The number of guanidine groups is 1. The third-order valence-corrected chi connectivity index (χ3v) is 6.88. The van der Waals surface area contributed by atoms with Crippen LogP contribution in [0.25, 0.3) is 0 Å². The first-order valence-electron chi connectivity index (χ1n) is 11.5. The van der Waals surface area contributed by atoms with E-state index < -0.39 is 6.04 Å². The maximum atomic E-state index is 13.5. The van der Waals surface area contributed by atoms with Gasteiger partial charge in [-0.2, -0.15) is 0 Å². The predicted octanol–water partition coefficient (Wildman–Crippen LogP) is 1.43. The van der Waals surface area contributed by atoms with Crippen molar-refractivity contribution in [2.45, 2.75) is 31.7 Å². The predicted molar refractivity (Wildman–Crippen MR) is 121 cm³/mol. The Kier molecular flexibility index (Phi) is 5.58. The number of amidine groups is 1. The number of carbonyl (C=O) groups excluding carboxylic acids is 2. The molecule has 9 heteroatoms. The molecule has 5 rings (SSSR count). The van der Waals surface area contributed by atoms with E-state index in [0.717, 1.165) is 56.5 Å². The van der Waals surface area contributed by atoms with Gasteiger partial charge in [-0.3, -0.25) is 14.6 Å². The number of methoxy groups -OCH3 is 1. The summed E-state index contributed by atoms with van der Waals surface area (Å²) in [5.74, 6) is 1.91. The first-order valence-corrected chi connectivity index (χ1v) is 11.5. The fourth-order valence-electron chi connectivity index (χ4n) is 5.09. The van der Waals surface area contributed by atoms with Gasteiger partial charge in [-0.05, 0) is 50.2 Å². The molecular formula is C23H31N6O3+. The molecule has 0 spiro atoms. The summed E-state index contributed by atoms with van der Waals surface area (Å²) in [6.07, 6.45) is 4.55. The van der Waals surface area contributed by atoms with Gasteiger partial charge in [0, 0.05) is 26.6 Å². The zero-order valence-corrected chi connectivity index (χ0v) is 18.9. The quantitative estimate of drug-likeness (QED) is 0.650. The van der Waals surface area contributed by atoms with Crippen LogP contribution in [0.4, 0.5) is 10.5 Å². The summed E-state index contributed by atoms with van der Waals surface area (Å²) in [6, 6.07) is 7.03. The number of amides is 3. The number of ether oxygens (including phenoxy) is 1. The number of hydrogen-bond donors (Lipinski definition) is 0. The van der Waals surface area contributed by atoms with Gasteiger partial charge in [-0.25, -0.2) is 14.3 Å². The summed E-state index contributed by atoms with van der Waals surface area (Å²) < 4.78 is 7.34. The van der Waals surface area contributed by atoms with Crippen LogP contribution in [-0.2, 0) is 4.79 Å². The second kappa shape index (κ2) is 8.54. The average molecular weight is 440 g/mol. The van der Waals surface area contributed by atoms with Gasteiger partial charge in [0.2, 0.25) is 11.9 Å². The van der Waals surface area contributed by atoms with E-state index in [1.807, 2.05) is 24.3 Å². The molecule has 1 atom stereocenters. The highest BCUT2D eigenvalue weighted by Gasteiger charge is 2.54. The molecule has 0 N–H and O–H groups in total. The van der Waals surface area contributed by atoms with E-state index in [1.54, 1.807) is 19.1 Å². The van der Waals surface area contributed by atoms with Crippen molar-refractivity contribution in [3.05, 3.63) is 24.3 Å². The number of hydrogen-bond acceptors (Lipinski definition) is 6. The monoisotopic (exact) mass is 439 g/mol. The SMILES string of the molecule is COc1ccc(N2CCC[N+]3=C2N=C2C3C(=O)N(CCN3CCCCC3)C(=O)N2C)cc1. The van der Waals surface area contributed by atoms with Crippen LogP contribution in [0.2, 0.25) is 0 Å². The number of imide groups is 1. The van der Waals surface area contributed by atoms with Gasteiger partial charge in [-0.15, -0.1) is 0 Å². The Hall–Kier alpha value is -2.94. The lowest BCUT2D eigenvalue weighted by molar-refractivity contribution is -0.539. The van der Waals surface area contributed by atoms with E-state index in [1.165, 1.54) is 24.2 Å². The van der Waals surface area contributed by atoms with Gasteiger partial charge in [0.15, 0.2) is 0 Å². The molecule has 170 valence electrons. The Balaban J connectivity index is 1.40. The Morgan fingerprint density at radius 3 is 2.50 bits per heavy atom. The lowest BCUT2D eigenvalue weighted by atomic mass is 10.1. The van der Waals surface area contributed by atoms with Crippen LogP contribution < -0.4 is 9.64 Å². The van der Waals surface area contributed by atoms with E-state index >= 15 is 0 Å². The normalized spacial score (nSPS) is 24.0. The van der Waals surface area contributed by atoms with Gasteiger partial charge < -0.3 is 9.64 Å². The number of fused-ring (bicyclic) bond motifs is 2. The van der Waals surface area contributed by atoms with Crippen molar-refractivity contribution in [3.63, 3.8) is 0 Å². The van der Waals surface area contributed by atoms with Crippen LogP contribution in [0.5, 0.6) is 5.75 Å². The molecular weight excluding hydrogens is 408 g/mol. The van der Waals surface area contributed by atoms with Crippen molar-refractivity contribution in [1.29, 1.82) is 0 Å². The minimum atomic E-state index is -0.532. The Morgan fingerprint density at radius 1 is 1.03 bits per heavy atom. The van der Waals surface area contributed by atoms with Crippen molar-refractivity contribution in [2.24, 2.45) is 4.99 Å². The van der Waals surface area contributed by atoms with Gasteiger partial charge in [0.25, 0.3) is 5.91 Å². The van der Waals surface area contributed by atoms with Crippen LogP contribution in [0, 0.1) is 0 Å². The van der Waals surface area contributed by atoms with Crippen LogP contribution >= 0.6 is 0 Å². The summed E-state index contributed by atoms with van der Waals surface area (Å²) in [7, 11) is 3.38. The maximum Gasteiger partial charge on any atom is 0.397 e. The highest BCUT2D eigenvalue weighted by Crippen LogP contribution is 2.27. The van der Waals surface area contributed by atoms with Crippen LogP contribution in [0.1, 0.15) is 25.7 Å². The Morgan fingerprint density at radius 2 is 1.78 bits per heavy atom. The number of urea groups is 1. The molecule has 0 saturated carbocycles. The molecule has 2 saturated heterocycles. The molecule has 0 radical (unpaired) electrons. The molecule has 0 aliphatic carbocycles. The molecule has 1 aromatic carbocycles. The lowest BCUT2D eigenvalue weighted by Gasteiger charge is -2.36. The molecule has 2 fully saturated rings. The Labute approximate surface area is 188 Å². The zero-order chi connectivity index (χ0) is 22.2. The fourth-order valence-corrected chi connectivity index (χ4v) is 5.09. The lowest BCUT2D eigenvalue weighted by Crippen LogP contribution is -2.64. The van der Waals surface area contributed by atoms with E-state index in [2.05, 4.69) is 14.4 Å². The maximum absolute atomic E-state index is 13.5. The topological polar surface area (TPSA) is 71.7 Å². The second-order valence-electron chi connectivity index (χ2n) is 8.80. The molecule has 0 bridgehead atoms. The third-order valence-electron chi connectivity index (χ3n) is 6.88. The molecule has 4 aliphatic rings. The third kappa shape index (κ3) is 3.54. The number of carbonyl (C=O) groups is 2. The number of likely N-dealkylation sites (tertiary alicyclic amines) is 1. The molecule has 1 unspecified atom stereocenters.